The molecular weight excluding hydrogens is 196 g/mol. The average Bonchev–Trinajstić information content (AvgIpc) is 2.13. The SMILES string of the molecule is COCC(O)CNC(C)C(=O)NC(C)C. The lowest BCUT2D eigenvalue weighted by atomic mass is 10.2. The maximum absolute atomic E-state index is 11.4. The van der Waals surface area contributed by atoms with Crippen LogP contribution in [0.2, 0.25) is 0 Å². The smallest absolute Gasteiger partial charge is 0.237 e. The number of carbonyl (C=O) groups is 1. The summed E-state index contributed by atoms with van der Waals surface area (Å²) in [6.07, 6.45) is -0.579. The number of hydrogen-bond acceptors (Lipinski definition) is 4. The predicted molar refractivity (Wildman–Crippen MR) is 58.6 cm³/mol. The number of aliphatic hydroxyl groups excluding tert-OH is 1. The summed E-state index contributed by atoms with van der Waals surface area (Å²) in [6.45, 7) is 6.19. The summed E-state index contributed by atoms with van der Waals surface area (Å²) < 4.78 is 4.77. The molecule has 0 rings (SSSR count). The Balaban J connectivity index is 3.72. The molecule has 2 atom stereocenters. The summed E-state index contributed by atoms with van der Waals surface area (Å²) in [4.78, 5) is 11.4. The molecule has 15 heavy (non-hydrogen) atoms. The van der Waals surface area contributed by atoms with E-state index in [9.17, 15) is 9.90 Å². The molecule has 0 aromatic heterocycles. The molecule has 0 saturated heterocycles. The van der Waals surface area contributed by atoms with Crippen molar-refractivity contribution in [3.63, 3.8) is 0 Å². The van der Waals surface area contributed by atoms with Crippen LogP contribution in [0.25, 0.3) is 0 Å². The van der Waals surface area contributed by atoms with Gasteiger partial charge in [-0.1, -0.05) is 0 Å². The first-order chi connectivity index (χ1) is 6.97. The van der Waals surface area contributed by atoms with E-state index < -0.39 is 6.10 Å². The molecule has 0 aliphatic heterocycles. The zero-order valence-corrected chi connectivity index (χ0v) is 9.91. The van der Waals surface area contributed by atoms with Gasteiger partial charge in [-0.3, -0.25) is 4.79 Å². The van der Waals surface area contributed by atoms with Gasteiger partial charge in [0.15, 0.2) is 0 Å². The van der Waals surface area contributed by atoms with Crippen LogP contribution in [0.3, 0.4) is 0 Å². The minimum Gasteiger partial charge on any atom is -0.389 e. The van der Waals surface area contributed by atoms with Crippen LogP contribution in [0.1, 0.15) is 20.8 Å². The Morgan fingerprint density at radius 3 is 2.47 bits per heavy atom. The van der Waals surface area contributed by atoms with Crippen LogP contribution in [0, 0.1) is 0 Å². The van der Waals surface area contributed by atoms with Gasteiger partial charge in [-0.2, -0.15) is 0 Å². The molecule has 3 N–H and O–H groups in total. The second-order valence-electron chi connectivity index (χ2n) is 3.90. The third-order valence-corrected chi connectivity index (χ3v) is 1.84. The van der Waals surface area contributed by atoms with Gasteiger partial charge >= 0.3 is 0 Å². The topological polar surface area (TPSA) is 70.6 Å². The summed E-state index contributed by atoms with van der Waals surface area (Å²) in [5, 5.41) is 15.1. The van der Waals surface area contributed by atoms with Crippen LogP contribution < -0.4 is 10.6 Å². The van der Waals surface area contributed by atoms with Gasteiger partial charge in [0.2, 0.25) is 5.91 Å². The zero-order chi connectivity index (χ0) is 11.8. The highest BCUT2D eigenvalue weighted by molar-refractivity contribution is 5.81. The van der Waals surface area contributed by atoms with E-state index in [1.807, 2.05) is 13.8 Å². The normalized spacial score (nSPS) is 15.1. The Morgan fingerprint density at radius 2 is 2.00 bits per heavy atom. The second-order valence-corrected chi connectivity index (χ2v) is 3.90. The zero-order valence-electron chi connectivity index (χ0n) is 9.91. The molecule has 0 fully saturated rings. The van der Waals surface area contributed by atoms with Crippen molar-refractivity contribution in [3.05, 3.63) is 0 Å². The third kappa shape index (κ3) is 7.30. The third-order valence-electron chi connectivity index (χ3n) is 1.84. The highest BCUT2D eigenvalue weighted by Crippen LogP contribution is 1.87. The molecule has 2 unspecified atom stereocenters. The number of rotatable bonds is 7. The largest absolute Gasteiger partial charge is 0.389 e. The minimum atomic E-state index is -0.579. The fraction of sp³-hybridized carbons (Fsp3) is 0.900. The molecule has 5 heteroatoms. The van der Waals surface area contributed by atoms with Crippen molar-refractivity contribution in [1.82, 2.24) is 10.6 Å². The first-order valence-corrected chi connectivity index (χ1v) is 5.18. The van der Waals surface area contributed by atoms with Gasteiger partial charge in [0.1, 0.15) is 0 Å². The van der Waals surface area contributed by atoms with Gasteiger partial charge in [0, 0.05) is 19.7 Å². The Bertz CT molecular complexity index is 186. The van der Waals surface area contributed by atoms with E-state index in [-0.39, 0.29) is 24.6 Å². The molecule has 0 spiro atoms. The van der Waals surface area contributed by atoms with Crippen molar-refractivity contribution >= 4 is 5.91 Å². The van der Waals surface area contributed by atoms with Crippen LogP contribution in [-0.2, 0) is 9.53 Å². The number of amides is 1. The Morgan fingerprint density at radius 1 is 1.40 bits per heavy atom. The molecule has 1 amide bonds. The van der Waals surface area contributed by atoms with Gasteiger partial charge in [0.05, 0.1) is 18.8 Å². The number of methoxy groups -OCH3 is 1. The molecule has 0 bridgehead atoms. The summed E-state index contributed by atoms with van der Waals surface area (Å²) in [5.41, 5.74) is 0. The Hall–Kier alpha value is -0.650. The van der Waals surface area contributed by atoms with Crippen LogP contribution in [0.5, 0.6) is 0 Å². The maximum Gasteiger partial charge on any atom is 0.237 e. The van der Waals surface area contributed by atoms with Gasteiger partial charge < -0.3 is 20.5 Å². The average molecular weight is 218 g/mol. The molecular formula is C10H22N2O3. The highest BCUT2D eigenvalue weighted by Gasteiger charge is 2.14. The van der Waals surface area contributed by atoms with E-state index in [4.69, 9.17) is 4.74 Å². The van der Waals surface area contributed by atoms with Crippen LogP contribution in [0.4, 0.5) is 0 Å². The van der Waals surface area contributed by atoms with Crippen molar-refractivity contribution < 1.29 is 14.6 Å². The van der Waals surface area contributed by atoms with Crippen LogP contribution >= 0.6 is 0 Å². The highest BCUT2D eigenvalue weighted by atomic mass is 16.5. The molecule has 90 valence electrons. The van der Waals surface area contributed by atoms with E-state index in [0.29, 0.717) is 6.54 Å². The van der Waals surface area contributed by atoms with Gasteiger partial charge in [-0.15, -0.1) is 0 Å². The fourth-order valence-electron chi connectivity index (χ4n) is 1.07. The van der Waals surface area contributed by atoms with Crippen molar-refractivity contribution in [1.29, 1.82) is 0 Å². The van der Waals surface area contributed by atoms with Crippen molar-refractivity contribution in [2.45, 2.75) is 39.0 Å². The molecule has 0 aromatic carbocycles. The summed E-state index contributed by atoms with van der Waals surface area (Å²) in [7, 11) is 1.53. The lowest BCUT2D eigenvalue weighted by Gasteiger charge is -2.17. The van der Waals surface area contributed by atoms with Gasteiger partial charge in [-0.25, -0.2) is 0 Å². The molecule has 0 aromatic rings. The van der Waals surface area contributed by atoms with E-state index in [1.54, 1.807) is 6.92 Å². The Labute approximate surface area is 91.2 Å². The van der Waals surface area contributed by atoms with Crippen molar-refractivity contribution in [3.8, 4) is 0 Å². The van der Waals surface area contributed by atoms with Crippen LogP contribution in [0.15, 0.2) is 0 Å². The maximum atomic E-state index is 11.4. The van der Waals surface area contributed by atoms with E-state index in [2.05, 4.69) is 10.6 Å². The second kappa shape index (κ2) is 7.62. The molecule has 0 radical (unpaired) electrons. The van der Waals surface area contributed by atoms with E-state index in [0.717, 1.165) is 0 Å². The molecule has 5 nitrogen and oxygen atoms in total. The van der Waals surface area contributed by atoms with Gasteiger partial charge in [-0.05, 0) is 20.8 Å². The first kappa shape index (κ1) is 14.3. The lowest BCUT2D eigenvalue weighted by molar-refractivity contribution is -0.123. The van der Waals surface area contributed by atoms with Gasteiger partial charge in [0.25, 0.3) is 0 Å². The van der Waals surface area contributed by atoms with E-state index >= 15 is 0 Å². The van der Waals surface area contributed by atoms with Crippen molar-refractivity contribution in [2.75, 3.05) is 20.3 Å². The summed E-state index contributed by atoms with van der Waals surface area (Å²) in [6, 6.07) is -0.176. The van der Waals surface area contributed by atoms with Crippen LogP contribution in [-0.4, -0.2) is 49.5 Å². The standard InChI is InChI=1S/C10H22N2O3/c1-7(2)12-10(14)8(3)11-5-9(13)6-15-4/h7-9,11,13H,5-6H2,1-4H3,(H,12,14). The summed E-state index contributed by atoms with van der Waals surface area (Å²) in [5.74, 6) is -0.0605. The molecule has 0 heterocycles. The lowest BCUT2D eigenvalue weighted by Crippen LogP contribution is -2.47. The van der Waals surface area contributed by atoms with Crippen molar-refractivity contribution in [2.24, 2.45) is 0 Å². The first-order valence-electron chi connectivity index (χ1n) is 5.18. The number of aliphatic hydroxyl groups is 1. The number of carbonyl (C=O) groups excluding carboxylic acids is 1. The quantitative estimate of drug-likeness (QED) is 0.538. The molecule has 0 aliphatic carbocycles. The molecule has 0 saturated carbocycles. The number of hydrogen-bond donors (Lipinski definition) is 3. The molecule has 0 aliphatic rings. The Kier molecular flexibility index (Phi) is 7.29. The predicted octanol–water partition coefficient (Wildman–Crippen LogP) is -0.504. The summed E-state index contributed by atoms with van der Waals surface area (Å²) >= 11 is 0. The number of ether oxygens (including phenoxy) is 1. The monoisotopic (exact) mass is 218 g/mol. The number of nitrogens with one attached hydrogen (secondary N) is 2. The minimum absolute atomic E-state index is 0.0605. The fourth-order valence-corrected chi connectivity index (χ4v) is 1.07. The van der Waals surface area contributed by atoms with E-state index in [1.165, 1.54) is 7.11 Å².